The van der Waals surface area contributed by atoms with Crippen molar-refractivity contribution in [1.82, 2.24) is 4.72 Å². The van der Waals surface area contributed by atoms with Gasteiger partial charge in [0.15, 0.2) is 0 Å². The van der Waals surface area contributed by atoms with Crippen molar-refractivity contribution in [2.45, 2.75) is 24.3 Å². The van der Waals surface area contributed by atoms with Gasteiger partial charge < -0.3 is 10.4 Å². The van der Waals surface area contributed by atoms with Crippen LogP contribution >= 0.6 is 15.9 Å². The molecule has 1 heterocycles. The second-order valence-corrected chi connectivity index (χ2v) is 6.91. The number of fused-ring (bicyclic) bond motifs is 1. The van der Waals surface area contributed by atoms with Gasteiger partial charge in [-0.2, -0.15) is 0 Å². The Kier molecular flexibility index (Phi) is 3.95. The first-order valence-electron chi connectivity index (χ1n) is 5.59. The minimum Gasteiger partial charge on any atom is -0.395 e. The third kappa shape index (κ3) is 2.97. The van der Waals surface area contributed by atoms with E-state index >= 15 is 0 Å². The van der Waals surface area contributed by atoms with Crippen LogP contribution in [0, 0.1) is 0 Å². The Morgan fingerprint density at radius 2 is 2.21 bits per heavy atom. The van der Waals surface area contributed by atoms with Gasteiger partial charge in [-0.25, -0.2) is 13.1 Å². The zero-order valence-electron chi connectivity index (χ0n) is 10.1. The highest BCUT2D eigenvalue weighted by Gasteiger charge is 2.25. The number of aliphatic hydroxyl groups is 1. The number of benzene rings is 1. The third-order valence-corrected chi connectivity index (χ3v) is 5.25. The summed E-state index contributed by atoms with van der Waals surface area (Å²) in [5.41, 5.74) is 1.26. The fourth-order valence-electron chi connectivity index (χ4n) is 1.80. The highest BCUT2D eigenvalue weighted by Crippen LogP contribution is 2.32. The first-order chi connectivity index (χ1) is 8.83. The molecule has 8 heteroatoms. The minimum atomic E-state index is -3.74. The van der Waals surface area contributed by atoms with E-state index in [1.165, 1.54) is 6.07 Å². The summed E-state index contributed by atoms with van der Waals surface area (Å²) >= 11 is 3.18. The van der Waals surface area contributed by atoms with Gasteiger partial charge in [0.2, 0.25) is 15.9 Å². The highest BCUT2D eigenvalue weighted by molar-refractivity contribution is 9.10. The van der Waals surface area contributed by atoms with Gasteiger partial charge in [-0.1, -0.05) is 0 Å². The van der Waals surface area contributed by atoms with Crippen LogP contribution in [0.2, 0.25) is 0 Å². The van der Waals surface area contributed by atoms with Crippen molar-refractivity contribution in [3.63, 3.8) is 0 Å². The van der Waals surface area contributed by atoms with Gasteiger partial charge in [-0.15, -0.1) is 0 Å². The van der Waals surface area contributed by atoms with Crippen LogP contribution in [0.5, 0.6) is 0 Å². The summed E-state index contributed by atoms with van der Waals surface area (Å²) in [7, 11) is -3.74. The van der Waals surface area contributed by atoms with E-state index in [0.717, 1.165) is 0 Å². The molecule has 0 aromatic heterocycles. The zero-order valence-corrected chi connectivity index (χ0v) is 12.5. The van der Waals surface area contributed by atoms with Crippen LogP contribution in [0.1, 0.15) is 12.5 Å². The van der Waals surface area contributed by atoms with Gasteiger partial charge in [0.25, 0.3) is 0 Å². The maximum atomic E-state index is 12.1. The Hall–Kier alpha value is -0.960. The number of rotatable bonds is 4. The van der Waals surface area contributed by atoms with Gasteiger partial charge in [0, 0.05) is 16.2 Å². The van der Waals surface area contributed by atoms with Crippen LogP contribution in [0.15, 0.2) is 21.5 Å². The molecule has 2 rings (SSSR count). The van der Waals surface area contributed by atoms with Crippen molar-refractivity contribution in [2.24, 2.45) is 0 Å². The van der Waals surface area contributed by atoms with Gasteiger partial charge >= 0.3 is 0 Å². The number of carbonyl (C=O) groups is 1. The molecule has 1 amide bonds. The molecule has 0 spiro atoms. The van der Waals surface area contributed by atoms with E-state index in [2.05, 4.69) is 26.0 Å². The van der Waals surface area contributed by atoms with Crippen molar-refractivity contribution >= 4 is 37.5 Å². The number of nitrogens with one attached hydrogen (secondary N) is 2. The molecule has 0 unspecified atom stereocenters. The Bertz CT molecular complexity index is 630. The summed E-state index contributed by atoms with van der Waals surface area (Å²) in [4.78, 5) is 11.3. The Morgan fingerprint density at radius 3 is 2.84 bits per heavy atom. The zero-order chi connectivity index (χ0) is 14.2. The summed E-state index contributed by atoms with van der Waals surface area (Å²) in [5, 5.41) is 11.6. The Balaban J connectivity index is 2.41. The summed E-state index contributed by atoms with van der Waals surface area (Å²) in [6.07, 6.45) is 0.167. The molecule has 1 aliphatic rings. The molecule has 3 N–H and O–H groups in total. The van der Waals surface area contributed by atoms with E-state index in [-0.39, 0.29) is 23.8 Å². The topological polar surface area (TPSA) is 95.5 Å². The molecule has 0 aliphatic carbocycles. The number of sulfonamides is 1. The molecule has 104 valence electrons. The summed E-state index contributed by atoms with van der Waals surface area (Å²) in [6, 6.07) is 2.45. The smallest absolute Gasteiger partial charge is 0.242 e. The lowest BCUT2D eigenvalue weighted by atomic mass is 10.2. The monoisotopic (exact) mass is 348 g/mol. The van der Waals surface area contributed by atoms with E-state index in [9.17, 15) is 13.2 Å². The van der Waals surface area contributed by atoms with E-state index in [1.807, 2.05) is 0 Å². The van der Waals surface area contributed by atoms with Gasteiger partial charge in [-0.3, -0.25) is 4.79 Å². The van der Waals surface area contributed by atoms with E-state index in [4.69, 9.17) is 5.11 Å². The second kappa shape index (κ2) is 5.20. The molecule has 0 saturated heterocycles. The Labute approximate surface area is 119 Å². The number of hydrogen-bond donors (Lipinski definition) is 3. The molecular formula is C11H13BrN2O4S. The number of amides is 1. The van der Waals surface area contributed by atoms with Crippen LogP contribution in [0.3, 0.4) is 0 Å². The van der Waals surface area contributed by atoms with Crippen molar-refractivity contribution in [3.8, 4) is 0 Å². The standard InChI is InChI=1S/C11H13BrN2O4S/c1-6(5-15)14-19(17,18)10-2-7-3-11(16)13-9(7)4-8(10)12/h2,4,6,14-15H,3,5H2,1H3,(H,13,16)/t6-/m0/s1. The number of anilines is 1. The molecule has 0 fully saturated rings. The number of halogens is 1. The third-order valence-electron chi connectivity index (χ3n) is 2.70. The predicted octanol–water partition coefficient (Wildman–Crippen LogP) is 0.603. The fraction of sp³-hybridized carbons (Fsp3) is 0.364. The lowest BCUT2D eigenvalue weighted by Gasteiger charge is -2.13. The molecule has 1 aliphatic heterocycles. The normalized spacial score (nSPS) is 16.1. The first-order valence-corrected chi connectivity index (χ1v) is 7.86. The molecular weight excluding hydrogens is 336 g/mol. The van der Waals surface area contributed by atoms with Crippen LogP contribution in [0.25, 0.3) is 0 Å². The van der Waals surface area contributed by atoms with Gasteiger partial charge in [-0.05, 0) is 40.5 Å². The van der Waals surface area contributed by atoms with Gasteiger partial charge in [0.05, 0.1) is 17.9 Å². The lowest BCUT2D eigenvalue weighted by molar-refractivity contribution is -0.115. The van der Waals surface area contributed by atoms with Crippen molar-refractivity contribution in [3.05, 3.63) is 22.2 Å². The van der Waals surface area contributed by atoms with Crippen molar-refractivity contribution in [1.29, 1.82) is 0 Å². The molecule has 1 aromatic rings. The molecule has 1 aromatic carbocycles. The average molecular weight is 349 g/mol. The maximum Gasteiger partial charge on any atom is 0.242 e. The van der Waals surface area contributed by atoms with E-state index < -0.39 is 16.1 Å². The minimum absolute atomic E-state index is 0.0584. The SMILES string of the molecule is C[C@@H](CO)NS(=O)(=O)c1cc2c(cc1Br)NC(=O)C2. The van der Waals surface area contributed by atoms with Crippen LogP contribution in [-0.2, 0) is 21.2 Å². The predicted molar refractivity (Wildman–Crippen MR) is 73.3 cm³/mol. The lowest BCUT2D eigenvalue weighted by Crippen LogP contribution is -2.35. The largest absolute Gasteiger partial charge is 0.395 e. The average Bonchev–Trinajstić information content (AvgIpc) is 2.66. The maximum absolute atomic E-state index is 12.1. The number of carbonyl (C=O) groups excluding carboxylic acids is 1. The van der Waals surface area contributed by atoms with Crippen molar-refractivity contribution in [2.75, 3.05) is 11.9 Å². The quantitative estimate of drug-likeness (QED) is 0.742. The summed E-state index contributed by atoms with van der Waals surface area (Å²) in [5.74, 6) is -0.159. The molecule has 1 atom stereocenters. The van der Waals surface area contributed by atoms with Crippen LogP contribution in [0.4, 0.5) is 5.69 Å². The molecule has 6 nitrogen and oxygen atoms in total. The molecule has 0 radical (unpaired) electrons. The molecule has 19 heavy (non-hydrogen) atoms. The summed E-state index contributed by atoms with van der Waals surface area (Å²) < 4.78 is 27.0. The molecule has 0 saturated carbocycles. The van der Waals surface area contributed by atoms with Crippen molar-refractivity contribution < 1.29 is 18.3 Å². The Morgan fingerprint density at radius 1 is 1.53 bits per heavy atom. The highest BCUT2D eigenvalue weighted by atomic mass is 79.9. The van der Waals surface area contributed by atoms with E-state index in [0.29, 0.717) is 15.7 Å². The molecule has 0 bridgehead atoms. The summed E-state index contributed by atoms with van der Waals surface area (Å²) in [6.45, 7) is 1.27. The number of hydrogen-bond acceptors (Lipinski definition) is 4. The fourth-order valence-corrected chi connectivity index (χ4v) is 4.12. The number of aliphatic hydroxyl groups excluding tert-OH is 1. The second-order valence-electron chi connectivity index (χ2n) is 4.37. The first kappa shape index (κ1) is 14.4. The van der Waals surface area contributed by atoms with Crippen LogP contribution < -0.4 is 10.0 Å². The van der Waals surface area contributed by atoms with Crippen LogP contribution in [-0.4, -0.2) is 32.1 Å². The van der Waals surface area contributed by atoms with Gasteiger partial charge in [0.1, 0.15) is 0 Å². The van der Waals surface area contributed by atoms with E-state index in [1.54, 1.807) is 13.0 Å².